The minimum Gasteiger partial charge on any atom is -0.336 e. The van der Waals surface area contributed by atoms with Crippen LogP contribution in [-0.4, -0.2) is 27.8 Å². The lowest BCUT2D eigenvalue weighted by molar-refractivity contribution is 0.102. The molecule has 7 heteroatoms. The zero-order chi connectivity index (χ0) is 20.1. The van der Waals surface area contributed by atoms with Gasteiger partial charge in [-0.15, -0.1) is 0 Å². The van der Waals surface area contributed by atoms with E-state index in [0.717, 1.165) is 11.4 Å². The first-order valence-electron chi connectivity index (χ1n) is 9.02. The Morgan fingerprint density at radius 3 is 2.36 bits per heavy atom. The highest BCUT2D eigenvalue weighted by Crippen LogP contribution is 2.18. The molecule has 0 aliphatic rings. The Bertz CT molecular complexity index is 994. The number of hydrogen-bond acceptors (Lipinski definition) is 3. The van der Waals surface area contributed by atoms with Crippen molar-refractivity contribution < 1.29 is 9.59 Å². The first-order chi connectivity index (χ1) is 13.4. The Morgan fingerprint density at radius 2 is 1.68 bits per heavy atom. The van der Waals surface area contributed by atoms with Gasteiger partial charge in [-0.2, -0.15) is 5.10 Å². The summed E-state index contributed by atoms with van der Waals surface area (Å²) in [7, 11) is 0. The van der Waals surface area contributed by atoms with Crippen LogP contribution < -0.4 is 16.0 Å². The molecular formula is C21H23N5O2. The van der Waals surface area contributed by atoms with Gasteiger partial charge in [-0.1, -0.05) is 12.1 Å². The summed E-state index contributed by atoms with van der Waals surface area (Å²) in [6.07, 6.45) is 1.73. The van der Waals surface area contributed by atoms with Gasteiger partial charge in [0.15, 0.2) is 0 Å². The molecule has 0 aliphatic heterocycles. The molecular weight excluding hydrogens is 354 g/mol. The zero-order valence-corrected chi connectivity index (χ0v) is 16.1. The van der Waals surface area contributed by atoms with Crippen LogP contribution >= 0.6 is 0 Å². The predicted molar refractivity (Wildman–Crippen MR) is 110 cm³/mol. The molecule has 28 heavy (non-hydrogen) atoms. The summed E-state index contributed by atoms with van der Waals surface area (Å²) in [5.41, 5.74) is 3.52. The molecule has 3 aromatic rings. The number of benzene rings is 2. The van der Waals surface area contributed by atoms with E-state index in [2.05, 4.69) is 21.0 Å². The van der Waals surface area contributed by atoms with E-state index in [0.29, 0.717) is 16.9 Å². The third-order valence-corrected chi connectivity index (χ3v) is 3.98. The van der Waals surface area contributed by atoms with Crippen LogP contribution in [0.2, 0.25) is 0 Å². The zero-order valence-electron chi connectivity index (χ0n) is 16.1. The molecule has 0 bridgehead atoms. The Balaban J connectivity index is 1.72. The van der Waals surface area contributed by atoms with E-state index in [1.807, 2.05) is 51.1 Å². The highest BCUT2D eigenvalue weighted by atomic mass is 16.2. The maximum Gasteiger partial charge on any atom is 0.319 e. The van der Waals surface area contributed by atoms with Crippen LogP contribution in [0.1, 0.15) is 29.9 Å². The summed E-state index contributed by atoms with van der Waals surface area (Å²) in [4.78, 5) is 24.5. The molecule has 144 valence electrons. The molecule has 0 saturated carbocycles. The fourth-order valence-electron chi connectivity index (χ4n) is 2.73. The van der Waals surface area contributed by atoms with Crippen LogP contribution in [-0.2, 0) is 0 Å². The van der Waals surface area contributed by atoms with Crippen molar-refractivity contribution in [3.05, 3.63) is 72.1 Å². The van der Waals surface area contributed by atoms with E-state index in [4.69, 9.17) is 0 Å². The molecule has 0 radical (unpaired) electrons. The molecule has 0 fully saturated rings. The first kappa shape index (κ1) is 19.2. The van der Waals surface area contributed by atoms with Crippen molar-refractivity contribution in [1.82, 2.24) is 15.1 Å². The van der Waals surface area contributed by atoms with Crippen molar-refractivity contribution in [1.29, 1.82) is 0 Å². The van der Waals surface area contributed by atoms with E-state index in [9.17, 15) is 9.59 Å². The van der Waals surface area contributed by atoms with Gasteiger partial charge < -0.3 is 16.0 Å². The molecule has 2 aromatic carbocycles. The lowest BCUT2D eigenvalue weighted by atomic mass is 10.1. The van der Waals surface area contributed by atoms with Crippen molar-refractivity contribution in [3.8, 4) is 5.69 Å². The number of nitrogens with zero attached hydrogens (tertiary/aromatic N) is 2. The number of aryl methyl sites for hydroxylation is 1. The van der Waals surface area contributed by atoms with E-state index in [1.165, 1.54) is 0 Å². The second kappa shape index (κ2) is 8.39. The highest BCUT2D eigenvalue weighted by Gasteiger charge is 2.10. The summed E-state index contributed by atoms with van der Waals surface area (Å²) in [6.45, 7) is 5.72. The van der Waals surface area contributed by atoms with Gasteiger partial charge >= 0.3 is 6.03 Å². The highest BCUT2D eigenvalue weighted by molar-refractivity contribution is 6.05. The molecule has 0 atom stereocenters. The molecule has 0 unspecified atom stereocenters. The van der Waals surface area contributed by atoms with Gasteiger partial charge in [0.2, 0.25) is 0 Å². The summed E-state index contributed by atoms with van der Waals surface area (Å²) in [5.74, 6) is -0.262. The average Bonchev–Trinajstić information content (AvgIpc) is 3.07. The van der Waals surface area contributed by atoms with Gasteiger partial charge in [0.05, 0.1) is 5.69 Å². The average molecular weight is 377 g/mol. The van der Waals surface area contributed by atoms with Gasteiger partial charge in [-0.3, -0.25) is 4.79 Å². The molecule has 0 saturated heterocycles. The smallest absolute Gasteiger partial charge is 0.319 e. The van der Waals surface area contributed by atoms with Crippen molar-refractivity contribution in [2.24, 2.45) is 0 Å². The SMILES string of the molecule is Cc1ccnn1-c1cccc(NC(=O)c2cccc(NC(=O)NC(C)C)c2)c1. The Morgan fingerprint density at radius 1 is 0.964 bits per heavy atom. The second-order valence-corrected chi connectivity index (χ2v) is 6.72. The molecule has 7 nitrogen and oxygen atoms in total. The third kappa shape index (κ3) is 4.76. The van der Waals surface area contributed by atoms with Gasteiger partial charge in [0, 0.05) is 34.9 Å². The quantitative estimate of drug-likeness (QED) is 0.629. The van der Waals surface area contributed by atoms with Gasteiger partial charge in [-0.05, 0) is 63.2 Å². The largest absolute Gasteiger partial charge is 0.336 e. The normalized spacial score (nSPS) is 10.6. The van der Waals surface area contributed by atoms with Crippen LogP contribution in [0.5, 0.6) is 0 Å². The number of urea groups is 1. The van der Waals surface area contributed by atoms with Crippen molar-refractivity contribution >= 4 is 23.3 Å². The van der Waals surface area contributed by atoms with Crippen LogP contribution in [0, 0.1) is 6.92 Å². The second-order valence-electron chi connectivity index (χ2n) is 6.72. The van der Waals surface area contributed by atoms with Crippen molar-refractivity contribution in [3.63, 3.8) is 0 Å². The molecule has 3 amide bonds. The number of aromatic nitrogens is 2. The van der Waals surface area contributed by atoms with E-state index >= 15 is 0 Å². The van der Waals surface area contributed by atoms with Crippen LogP contribution in [0.25, 0.3) is 5.69 Å². The fraction of sp³-hybridized carbons (Fsp3) is 0.190. The molecule has 3 N–H and O–H groups in total. The summed E-state index contributed by atoms with van der Waals surface area (Å²) >= 11 is 0. The molecule has 1 heterocycles. The first-order valence-corrected chi connectivity index (χ1v) is 9.02. The summed E-state index contributed by atoms with van der Waals surface area (Å²) in [6, 6.07) is 15.9. The van der Waals surface area contributed by atoms with Crippen LogP contribution in [0.4, 0.5) is 16.2 Å². The molecule has 1 aromatic heterocycles. The van der Waals surface area contributed by atoms with Crippen molar-refractivity contribution in [2.45, 2.75) is 26.8 Å². The fourth-order valence-corrected chi connectivity index (χ4v) is 2.73. The number of hydrogen-bond donors (Lipinski definition) is 3. The number of carbonyl (C=O) groups excluding carboxylic acids is 2. The van der Waals surface area contributed by atoms with E-state index in [-0.39, 0.29) is 18.0 Å². The van der Waals surface area contributed by atoms with E-state index in [1.54, 1.807) is 35.1 Å². The van der Waals surface area contributed by atoms with Gasteiger partial charge in [0.25, 0.3) is 5.91 Å². The number of rotatable bonds is 5. The van der Waals surface area contributed by atoms with Crippen LogP contribution in [0.15, 0.2) is 60.8 Å². The Labute approximate surface area is 163 Å². The summed E-state index contributed by atoms with van der Waals surface area (Å²) < 4.78 is 1.80. The summed E-state index contributed by atoms with van der Waals surface area (Å²) in [5, 5.41) is 12.6. The number of carbonyl (C=O) groups is 2. The van der Waals surface area contributed by atoms with Gasteiger partial charge in [-0.25, -0.2) is 9.48 Å². The third-order valence-electron chi connectivity index (χ3n) is 3.98. The minimum atomic E-state index is -0.310. The van der Waals surface area contributed by atoms with Crippen LogP contribution in [0.3, 0.4) is 0 Å². The van der Waals surface area contributed by atoms with E-state index < -0.39 is 0 Å². The number of amides is 3. The standard InChI is InChI=1S/C21H23N5O2/c1-14(2)23-21(28)25-17-7-4-6-16(12-17)20(27)24-18-8-5-9-19(13-18)26-15(3)10-11-22-26/h4-14H,1-3H3,(H,24,27)(H2,23,25,28). The topological polar surface area (TPSA) is 88.1 Å². The number of anilines is 2. The lowest BCUT2D eigenvalue weighted by Crippen LogP contribution is -2.34. The Kier molecular flexibility index (Phi) is 5.74. The maximum absolute atomic E-state index is 12.6. The minimum absolute atomic E-state index is 0.0252. The molecule has 0 spiro atoms. The maximum atomic E-state index is 12.6. The molecule has 0 aliphatic carbocycles. The predicted octanol–water partition coefficient (Wildman–Crippen LogP) is 3.96. The van der Waals surface area contributed by atoms with Gasteiger partial charge in [0.1, 0.15) is 0 Å². The Hall–Kier alpha value is -3.61. The molecule has 3 rings (SSSR count). The lowest BCUT2D eigenvalue weighted by Gasteiger charge is -2.12. The number of nitrogens with one attached hydrogen (secondary N) is 3. The van der Waals surface area contributed by atoms with Crippen molar-refractivity contribution in [2.75, 3.05) is 10.6 Å². The monoisotopic (exact) mass is 377 g/mol.